The molecule has 0 aliphatic rings. The molecule has 0 saturated carbocycles. The van der Waals surface area contributed by atoms with E-state index in [4.69, 9.17) is 16.3 Å². The SMILES string of the molecule is CCN(CC)CCNC(=O)c1cc([131I])c(NC(=O)c2ccc(Cl)nc2)cc1OC. The van der Waals surface area contributed by atoms with E-state index >= 15 is 0 Å². The summed E-state index contributed by atoms with van der Waals surface area (Å²) < 4.78 is 6.09. The normalized spacial score (nSPS) is 10.7. The third kappa shape index (κ3) is 6.55. The highest BCUT2D eigenvalue weighted by Gasteiger charge is 2.17. The average Bonchev–Trinajstić information content (AvgIpc) is 2.72. The first kappa shape index (κ1) is 23.4. The average molecular weight is 535 g/mol. The Bertz CT molecular complexity index is 858. The molecule has 9 heteroatoms. The van der Waals surface area contributed by atoms with E-state index in [0.717, 1.165) is 19.6 Å². The number of likely N-dealkylation sites (N-methyl/N-ethyl adjacent to an activating group) is 1. The van der Waals surface area contributed by atoms with Crippen molar-refractivity contribution in [2.45, 2.75) is 13.8 Å². The molecule has 2 aromatic rings. The van der Waals surface area contributed by atoms with Gasteiger partial charge in [0.15, 0.2) is 0 Å². The molecule has 7 nitrogen and oxygen atoms in total. The van der Waals surface area contributed by atoms with Gasteiger partial charge in [0, 0.05) is 28.9 Å². The number of rotatable bonds is 9. The number of amides is 2. The Morgan fingerprint density at radius 3 is 2.52 bits per heavy atom. The number of halogens is 2. The van der Waals surface area contributed by atoms with Crippen molar-refractivity contribution in [3.63, 3.8) is 0 Å². The zero-order valence-electron chi connectivity index (χ0n) is 16.6. The third-order valence-electron chi connectivity index (χ3n) is 4.38. The molecule has 1 heterocycles. The van der Waals surface area contributed by atoms with Crippen LogP contribution in [0.3, 0.4) is 0 Å². The summed E-state index contributed by atoms with van der Waals surface area (Å²) >= 11 is 7.83. The van der Waals surface area contributed by atoms with Gasteiger partial charge in [-0.3, -0.25) is 9.59 Å². The molecule has 0 aliphatic carbocycles. The number of carbonyl (C=O) groups is 2. The van der Waals surface area contributed by atoms with Crippen LogP contribution in [0.15, 0.2) is 30.5 Å². The maximum absolute atomic E-state index is 12.6. The van der Waals surface area contributed by atoms with Crippen molar-refractivity contribution >= 4 is 51.7 Å². The number of nitrogens with zero attached hydrogens (tertiary/aromatic N) is 2. The topological polar surface area (TPSA) is 83.6 Å². The van der Waals surface area contributed by atoms with Crippen LogP contribution in [-0.2, 0) is 0 Å². The first-order chi connectivity index (χ1) is 13.9. The molecule has 0 saturated heterocycles. The first-order valence-corrected chi connectivity index (χ1v) is 10.7. The number of pyridine rings is 1. The summed E-state index contributed by atoms with van der Waals surface area (Å²) in [5.41, 5.74) is 1.34. The fourth-order valence-corrected chi connectivity index (χ4v) is 3.38. The van der Waals surface area contributed by atoms with Crippen LogP contribution < -0.4 is 15.4 Å². The number of hydrogen-bond acceptors (Lipinski definition) is 5. The van der Waals surface area contributed by atoms with Crippen LogP contribution in [0.25, 0.3) is 0 Å². The summed E-state index contributed by atoms with van der Waals surface area (Å²) in [4.78, 5) is 31.2. The van der Waals surface area contributed by atoms with Crippen molar-refractivity contribution in [3.05, 3.63) is 50.3 Å². The van der Waals surface area contributed by atoms with Gasteiger partial charge in [-0.05, 0) is 53.9 Å². The Kier molecular flexibility index (Phi) is 9.12. The molecule has 0 spiro atoms. The Labute approximate surface area is 189 Å². The summed E-state index contributed by atoms with van der Waals surface area (Å²) in [5, 5.41) is 6.05. The van der Waals surface area contributed by atoms with Crippen molar-refractivity contribution < 1.29 is 14.3 Å². The van der Waals surface area contributed by atoms with Crippen LogP contribution in [-0.4, -0.2) is 55.0 Å². The van der Waals surface area contributed by atoms with Gasteiger partial charge in [0.2, 0.25) is 0 Å². The first-order valence-electron chi connectivity index (χ1n) is 9.20. The Balaban J connectivity index is 2.12. The molecule has 0 unspecified atom stereocenters. The number of aromatic nitrogens is 1. The lowest BCUT2D eigenvalue weighted by Crippen LogP contribution is -2.35. The molecule has 2 N–H and O–H groups in total. The van der Waals surface area contributed by atoms with Crippen LogP contribution in [0.5, 0.6) is 5.75 Å². The van der Waals surface area contributed by atoms with E-state index in [9.17, 15) is 9.59 Å². The molecule has 0 radical (unpaired) electrons. The smallest absolute Gasteiger partial charge is 0.257 e. The summed E-state index contributed by atoms with van der Waals surface area (Å²) in [6.45, 7) is 7.37. The van der Waals surface area contributed by atoms with Crippen LogP contribution in [0.1, 0.15) is 34.6 Å². The van der Waals surface area contributed by atoms with E-state index in [1.165, 1.54) is 13.3 Å². The minimum absolute atomic E-state index is 0.216. The molecule has 29 heavy (non-hydrogen) atoms. The van der Waals surface area contributed by atoms with E-state index in [0.29, 0.717) is 37.8 Å². The Hall–Kier alpha value is -1.91. The maximum Gasteiger partial charge on any atom is 0.257 e. The number of methoxy groups -OCH3 is 1. The van der Waals surface area contributed by atoms with Crippen molar-refractivity contribution in [1.29, 1.82) is 0 Å². The van der Waals surface area contributed by atoms with Gasteiger partial charge >= 0.3 is 0 Å². The van der Waals surface area contributed by atoms with Gasteiger partial charge in [-0.25, -0.2) is 4.98 Å². The maximum atomic E-state index is 12.6. The largest absolute Gasteiger partial charge is 0.496 e. The molecule has 0 aliphatic heterocycles. The number of ether oxygens (including phenoxy) is 1. The molecular weight excluding hydrogens is 511 g/mol. The third-order valence-corrected chi connectivity index (χ3v) is 5.50. The summed E-state index contributed by atoms with van der Waals surface area (Å²) in [5.74, 6) is -0.160. The van der Waals surface area contributed by atoms with Gasteiger partial charge in [0.1, 0.15) is 10.9 Å². The predicted molar refractivity (Wildman–Crippen MR) is 123 cm³/mol. The second kappa shape index (κ2) is 11.3. The lowest BCUT2D eigenvalue weighted by molar-refractivity contribution is 0.0945. The van der Waals surface area contributed by atoms with Gasteiger partial charge in [0.25, 0.3) is 11.8 Å². The van der Waals surface area contributed by atoms with Gasteiger partial charge in [0.05, 0.1) is 23.9 Å². The number of carbonyl (C=O) groups excluding carboxylic acids is 2. The second-order valence-corrected chi connectivity index (χ2v) is 7.69. The van der Waals surface area contributed by atoms with E-state index in [2.05, 4.69) is 57.0 Å². The minimum atomic E-state index is -0.328. The summed E-state index contributed by atoms with van der Waals surface area (Å²) in [6.07, 6.45) is 1.40. The fraction of sp³-hybridized carbons (Fsp3) is 0.350. The van der Waals surface area contributed by atoms with E-state index in [-0.39, 0.29) is 11.8 Å². The molecule has 2 amide bonds. The van der Waals surface area contributed by atoms with Gasteiger partial charge in [-0.1, -0.05) is 25.4 Å². The molecule has 0 atom stereocenters. The summed E-state index contributed by atoms with van der Waals surface area (Å²) in [6, 6.07) is 6.48. The number of anilines is 1. The van der Waals surface area contributed by atoms with E-state index in [1.54, 1.807) is 24.3 Å². The van der Waals surface area contributed by atoms with E-state index < -0.39 is 0 Å². The van der Waals surface area contributed by atoms with Crippen LogP contribution >= 0.6 is 34.2 Å². The molecule has 1 aromatic carbocycles. The number of benzene rings is 1. The van der Waals surface area contributed by atoms with E-state index in [1.807, 2.05) is 0 Å². The van der Waals surface area contributed by atoms with Gasteiger partial charge in [-0.15, -0.1) is 0 Å². The van der Waals surface area contributed by atoms with Crippen molar-refractivity contribution in [3.8, 4) is 5.75 Å². The van der Waals surface area contributed by atoms with Crippen molar-refractivity contribution in [2.75, 3.05) is 38.6 Å². The zero-order chi connectivity index (χ0) is 21.4. The van der Waals surface area contributed by atoms with Crippen LogP contribution in [0.4, 0.5) is 5.69 Å². The number of nitrogens with one attached hydrogen (secondary N) is 2. The molecule has 156 valence electrons. The highest BCUT2D eigenvalue weighted by Crippen LogP contribution is 2.29. The van der Waals surface area contributed by atoms with Crippen molar-refractivity contribution in [1.82, 2.24) is 15.2 Å². The Morgan fingerprint density at radius 2 is 1.93 bits per heavy atom. The van der Waals surface area contributed by atoms with Crippen LogP contribution in [0, 0.1) is 3.57 Å². The lowest BCUT2D eigenvalue weighted by Gasteiger charge is -2.18. The van der Waals surface area contributed by atoms with Gasteiger partial charge < -0.3 is 20.3 Å². The standard InChI is InChI=1S/C20H24ClIN4O3/c1-4-26(5-2)9-8-23-20(28)14-10-15(22)16(11-17(14)29-3)25-19(27)13-6-7-18(21)24-12-13/h6-7,10-12H,4-5,8-9H2,1-3H3,(H,23,28)(H,25,27)/i22+4. The molecular formula is C20H24ClIN4O3. The Morgan fingerprint density at radius 1 is 1.21 bits per heavy atom. The minimum Gasteiger partial charge on any atom is -0.496 e. The van der Waals surface area contributed by atoms with Crippen molar-refractivity contribution in [2.24, 2.45) is 0 Å². The van der Waals surface area contributed by atoms with Crippen LogP contribution in [0.2, 0.25) is 5.15 Å². The molecule has 1 aromatic heterocycles. The molecule has 2 rings (SSSR count). The molecule has 0 bridgehead atoms. The second-order valence-electron chi connectivity index (χ2n) is 6.14. The molecule has 0 fully saturated rings. The number of hydrogen-bond donors (Lipinski definition) is 2. The monoisotopic (exact) mass is 534 g/mol. The van der Waals surface area contributed by atoms with Gasteiger partial charge in [-0.2, -0.15) is 0 Å². The summed E-state index contributed by atoms with van der Waals surface area (Å²) in [7, 11) is 1.49. The fourth-order valence-electron chi connectivity index (χ4n) is 2.66. The highest BCUT2D eigenvalue weighted by molar-refractivity contribution is 14.1. The quantitative estimate of drug-likeness (QED) is 0.379. The lowest BCUT2D eigenvalue weighted by atomic mass is 10.1. The zero-order valence-corrected chi connectivity index (χ0v) is 19.5. The highest BCUT2D eigenvalue weighted by atomic mass is 131. The predicted octanol–water partition coefficient (Wildman–Crippen LogP) is 3.67.